The molecule has 0 rings (SSSR count). The molecule has 0 radical (unpaired) electrons. The molecule has 0 heterocycles. The molecule has 0 aromatic heterocycles. The normalized spacial score (nSPS) is 12.1. The first kappa shape index (κ1) is 71.9. The fourth-order valence-electron chi connectivity index (χ4n) is 10.2. The smallest absolute Gasteiger partial charge is 0.306 e. The van der Waals surface area contributed by atoms with Crippen molar-refractivity contribution in [2.45, 2.75) is 380 Å². The van der Waals surface area contributed by atoms with Crippen LogP contribution in [0.5, 0.6) is 0 Å². The zero-order chi connectivity index (χ0) is 53.6. The molecule has 0 N–H and O–H groups in total. The second-order valence-corrected chi connectivity index (χ2v) is 22.7. The molecule has 0 aliphatic heterocycles. The summed E-state index contributed by atoms with van der Waals surface area (Å²) >= 11 is 0. The quantitative estimate of drug-likeness (QED) is 0.0261. The molecule has 0 spiro atoms. The fraction of sp³-hybridized carbons (Fsp3) is 0.897. The van der Waals surface area contributed by atoms with Crippen molar-refractivity contribution in [2.75, 3.05) is 13.2 Å². The largest absolute Gasteiger partial charge is 0.462 e. The van der Waals surface area contributed by atoms with Gasteiger partial charge in [0.05, 0.1) is 0 Å². The zero-order valence-electron chi connectivity index (χ0n) is 50.1. The van der Waals surface area contributed by atoms with Crippen molar-refractivity contribution in [3.63, 3.8) is 0 Å². The summed E-state index contributed by atoms with van der Waals surface area (Å²) in [5, 5.41) is 0. The van der Waals surface area contributed by atoms with Crippen molar-refractivity contribution in [1.82, 2.24) is 0 Å². The molecule has 0 bridgehead atoms. The summed E-state index contributed by atoms with van der Waals surface area (Å²) in [5.74, 6) is -0.842. The van der Waals surface area contributed by atoms with E-state index in [-0.39, 0.29) is 31.1 Å². The van der Waals surface area contributed by atoms with E-state index in [2.05, 4.69) is 45.1 Å². The Morgan fingerprint density at radius 1 is 0.270 bits per heavy atom. The van der Waals surface area contributed by atoms with Crippen LogP contribution in [0.4, 0.5) is 0 Å². The molecule has 0 saturated heterocycles. The van der Waals surface area contributed by atoms with E-state index in [4.69, 9.17) is 14.2 Å². The summed E-state index contributed by atoms with van der Waals surface area (Å²) in [5.41, 5.74) is 0. The first-order chi connectivity index (χ1) is 36.5. The van der Waals surface area contributed by atoms with Crippen molar-refractivity contribution in [3.8, 4) is 0 Å². The fourth-order valence-corrected chi connectivity index (χ4v) is 10.2. The van der Waals surface area contributed by atoms with E-state index in [1.165, 1.54) is 270 Å². The van der Waals surface area contributed by atoms with Gasteiger partial charge in [0, 0.05) is 19.3 Å². The molecule has 1 unspecified atom stereocenters. The number of unbranched alkanes of at least 4 members (excludes halogenated alkanes) is 47. The van der Waals surface area contributed by atoms with Gasteiger partial charge < -0.3 is 14.2 Å². The van der Waals surface area contributed by atoms with Crippen LogP contribution >= 0.6 is 0 Å². The third-order valence-electron chi connectivity index (χ3n) is 15.2. The highest BCUT2D eigenvalue weighted by atomic mass is 16.6. The first-order valence-corrected chi connectivity index (χ1v) is 33.3. The first-order valence-electron chi connectivity index (χ1n) is 33.3. The summed E-state index contributed by atoms with van der Waals surface area (Å²) in [6.07, 6.45) is 76.6. The van der Waals surface area contributed by atoms with Gasteiger partial charge in [-0.2, -0.15) is 0 Å². The topological polar surface area (TPSA) is 78.9 Å². The second-order valence-electron chi connectivity index (χ2n) is 22.7. The molecule has 0 aliphatic carbocycles. The van der Waals surface area contributed by atoms with E-state index < -0.39 is 6.10 Å². The molecule has 0 fully saturated rings. The van der Waals surface area contributed by atoms with Gasteiger partial charge in [0.15, 0.2) is 6.10 Å². The Hall–Kier alpha value is -2.11. The zero-order valence-corrected chi connectivity index (χ0v) is 50.1. The maximum atomic E-state index is 12.8. The summed E-state index contributed by atoms with van der Waals surface area (Å²) < 4.78 is 16.9. The molecule has 0 aliphatic rings. The molecule has 0 amide bonds. The van der Waals surface area contributed by atoms with Crippen molar-refractivity contribution in [3.05, 3.63) is 24.3 Å². The van der Waals surface area contributed by atoms with Crippen LogP contribution in [0.15, 0.2) is 24.3 Å². The standard InChI is InChI=1S/C68H128O6/c1-4-7-10-13-16-19-21-23-25-26-27-28-29-30-31-32-33-34-35-36-37-38-39-40-41-42-44-45-47-49-52-55-58-61-67(70)73-64-65(63-72-66(69)60-57-54-51-18-15-12-9-6-3)74-68(71)62-59-56-53-50-48-46-43-24-22-20-17-14-11-8-5-2/h21,23,26-27,65H,4-20,22,24-25,28-64H2,1-3H3/b23-21-,27-26-. The molecule has 1 atom stereocenters. The molecule has 6 nitrogen and oxygen atoms in total. The predicted octanol–water partition coefficient (Wildman–Crippen LogP) is 22.6. The Morgan fingerprint density at radius 3 is 0.743 bits per heavy atom. The van der Waals surface area contributed by atoms with E-state index >= 15 is 0 Å². The Labute approximate surface area is 462 Å². The lowest BCUT2D eigenvalue weighted by molar-refractivity contribution is -0.167. The van der Waals surface area contributed by atoms with E-state index in [0.717, 1.165) is 64.2 Å². The highest BCUT2D eigenvalue weighted by Crippen LogP contribution is 2.18. The van der Waals surface area contributed by atoms with Crippen molar-refractivity contribution in [1.29, 1.82) is 0 Å². The Morgan fingerprint density at radius 2 is 0.486 bits per heavy atom. The van der Waals surface area contributed by atoms with E-state index in [1.54, 1.807) is 0 Å². The summed E-state index contributed by atoms with van der Waals surface area (Å²) in [4.78, 5) is 38.1. The number of carbonyl (C=O) groups is 3. The summed E-state index contributed by atoms with van der Waals surface area (Å²) in [6.45, 7) is 6.66. The second kappa shape index (κ2) is 63.4. The van der Waals surface area contributed by atoms with Gasteiger partial charge in [-0.05, 0) is 51.4 Å². The van der Waals surface area contributed by atoms with Gasteiger partial charge in [-0.3, -0.25) is 14.4 Å². The molecule has 0 aromatic carbocycles. The number of rotatable bonds is 62. The van der Waals surface area contributed by atoms with Gasteiger partial charge in [0.25, 0.3) is 0 Å². The lowest BCUT2D eigenvalue weighted by atomic mass is 10.0. The van der Waals surface area contributed by atoms with Crippen molar-refractivity contribution >= 4 is 17.9 Å². The average molecular weight is 1040 g/mol. The van der Waals surface area contributed by atoms with Gasteiger partial charge in [-0.25, -0.2) is 0 Å². The monoisotopic (exact) mass is 1040 g/mol. The summed E-state index contributed by atoms with van der Waals surface area (Å²) in [6, 6.07) is 0. The number of esters is 3. The van der Waals surface area contributed by atoms with Crippen molar-refractivity contribution < 1.29 is 28.6 Å². The van der Waals surface area contributed by atoms with Crippen LogP contribution < -0.4 is 0 Å². The van der Waals surface area contributed by atoms with Gasteiger partial charge in [-0.1, -0.05) is 328 Å². The number of hydrogen-bond acceptors (Lipinski definition) is 6. The van der Waals surface area contributed by atoms with Crippen LogP contribution in [-0.4, -0.2) is 37.2 Å². The Kier molecular flexibility index (Phi) is 61.6. The maximum absolute atomic E-state index is 12.8. The minimum absolute atomic E-state index is 0.0638. The predicted molar refractivity (Wildman–Crippen MR) is 321 cm³/mol. The van der Waals surface area contributed by atoms with Gasteiger partial charge in [0.2, 0.25) is 0 Å². The van der Waals surface area contributed by atoms with E-state index in [9.17, 15) is 14.4 Å². The highest BCUT2D eigenvalue weighted by Gasteiger charge is 2.19. The average Bonchev–Trinajstić information content (AvgIpc) is 3.40. The Bertz CT molecular complexity index is 1190. The third-order valence-corrected chi connectivity index (χ3v) is 15.2. The maximum Gasteiger partial charge on any atom is 0.306 e. The number of hydrogen-bond donors (Lipinski definition) is 0. The molecule has 6 heteroatoms. The van der Waals surface area contributed by atoms with Gasteiger partial charge in [0.1, 0.15) is 13.2 Å². The number of ether oxygens (including phenoxy) is 3. The van der Waals surface area contributed by atoms with E-state index in [0.29, 0.717) is 19.3 Å². The lowest BCUT2D eigenvalue weighted by Gasteiger charge is -2.18. The van der Waals surface area contributed by atoms with E-state index in [1.807, 2.05) is 0 Å². The lowest BCUT2D eigenvalue weighted by Crippen LogP contribution is -2.30. The SMILES string of the molecule is CCCCCCC/C=C\C/C=C\CCCCCCCCCCCCCCCCCCCCCCCC(=O)OCC(COC(=O)CCCCCCCCCC)OC(=O)CCCCCCCCCCCCCCCCC. The van der Waals surface area contributed by atoms with Crippen LogP contribution in [0.25, 0.3) is 0 Å². The van der Waals surface area contributed by atoms with Crippen molar-refractivity contribution in [2.24, 2.45) is 0 Å². The number of carbonyl (C=O) groups excluding carboxylic acids is 3. The molecular weight excluding hydrogens is 913 g/mol. The highest BCUT2D eigenvalue weighted by molar-refractivity contribution is 5.71. The van der Waals surface area contributed by atoms with Crippen LogP contribution in [0, 0.1) is 0 Å². The molecule has 0 saturated carbocycles. The molecule has 74 heavy (non-hydrogen) atoms. The van der Waals surface area contributed by atoms with Crippen LogP contribution in [0.2, 0.25) is 0 Å². The minimum atomic E-state index is -0.763. The van der Waals surface area contributed by atoms with Crippen LogP contribution in [-0.2, 0) is 28.6 Å². The summed E-state index contributed by atoms with van der Waals surface area (Å²) in [7, 11) is 0. The third kappa shape index (κ3) is 60.8. The number of allylic oxidation sites excluding steroid dienone is 4. The van der Waals surface area contributed by atoms with Gasteiger partial charge in [-0.15, -0.1) is 0 Å². The van der Waals surface area contributed by atoms with Gasteiger partial charge >= 0.3 is 17.9 Å². The molecule has 0 aromatic rings. The molecule has 436 valence electrons. The van der Waals surface area contributed by atoms with Crippen LogP contribution in [0.3, 0.4) is 0 Å². The minimum Gasteiger partial charge on any atom is -0.462 e. The van der Waals surface area contributed by atoms with Crippen LogP contribution in [0.1, 0.15) is 374 Å². The Balaban J connectivity index is 3.96. The molecular formula is C68H128O6.